The van der Waals surface area contributed by atoms with Crippen LogP contribution in [0.4, 0.5) is 5.69 Å². The molecule has 0 aliphatic heterocycles. The SMILES string of the molecule is COC(=O)C(C)Sc1ccccc1C(=O)Nc1ccc(Cn2ccnc2C)cc1. The summed E-state index contributed by atoms with van der Waals surface area (Å²) in [4.78, 5) is 29.4. The van der Waals surface area contributed by atoms with E-state index in [1.165, 1.54) is 18.9 Å². The van der Waals surface area contributed by atoms with Gasteiger partial charge in [-0.3, -0.25) is 9.59 Å². The van der Waals surface area contributed by atoms with Crippen molar-refractivity contribution in [3.63, 3.8) is 0 Å². The van der Waals surface area contributed by atoms with E-state index in [0.29, 0.717) is 11.3 Å². The number of hydrogen-bond acceptors (Lipinski definition) is 5. The maximum absolute atomic E-state index is 12.8. The van der Waals surface area contributed by atoms with Crippen molar-refractivity contribution in [2.45, 2.75) is 30.5 Å². The summed E-state index contributed by atoms with van der Waals surface area (Å²) in [5.74, 6) is 0.412. The molecule has 0 bridgehead atoms. The van der Waals surface area contributed by atoms with Crippen molar-refractivity contribution in [3.8, 4) is 0 Å². The number of esters is 1. The summed E-state index contributed by atoms with van der Waals surface area (Å²) in [7, 11) is 1.36. The summed E-state index contributed by atoms with van der Waals surface area (Å²) in [5, 5.41) is 2.52. The predicted molar refractivity (Wildman–Crippen MR) is 114 cm³/mol. The minimum atomic E-state index is -0.403. The minimum absolute atomic E-state index is 0.219. The van der Waals surface area contributed by atoms with Gasteiger partial charge in [-0.2, -0.15) is 0 Å². The summed E-state index contributed by atoms with van der Waals surface area (Å²) >= 11 is 1.30. The number of imidazole rings is 1. The molecule has 29 heavy (non-hydrogen) atoms. The molecule has 1 aromatic heterocycles. The lowest BCUT2D eigenvalue weighted by Gasteiger charge is -2.13. The van der Waals surface area contributed by atoms with Gasteiger partial charge in [-0.15, -0.1) is 11.8 Å². The lowest BCUT2D eigenvalue weighted by molar-refractivity contribution is -0.139. The average molecular weight is 410 g/mol. The third-order valence-electron chi connectivity index (χ3n) is 4.46. The molecule has 3 rings (SSSR count). The number of nitrogens with zero attached hydrogens (tertiary/aromatic N) is 2. The lowest BCUT2D eigenvalue weighted by atomic mass is 10.1. The average Bonchev–Trinajstić information content (AvgIpc) is 3.13. The summed E-state index contributed by atoms with van der Waals surface area (Å²) in [6.45, 7) is 4.45. The van der Waals surface area contributed by atoms with Crippen LogP contribution >= 0.6 is 11.8 Å². The molecule has 1 atom stereocenters. The van der Waals surface area contributed by atoms with Crippen LogP contribution in [0.2, 0.25) is 0 Å². The highest BCUT2D eigenvalue weighted by Crippen LogP contribution is 2.28. The Morgan fingerprint density at radius 2 is 1.90 bits per heavy atom. The number of methoxy groups -OCH3 is 1. The molecule has 7 heteroatoms. The van der Waals surface area contributed by atoms with E-state index >= 15 is 0 Å². The highest BCUT2D eigenvalue weighted by atomic mass is 32.2. The molecule has 150 valence electrons. The highest BCUT2D eigenvalue weighted by molar-refractivity contribution is 8.00. The Morgan fingerprint density at radius 3 is 2.55 bits per heavy atom. The molecule has 0 saturated heterocycles. The van der Waals surface area contributed by atoms with E-state index in [1.807, 2.05) is 49.5 Å². The van der Waals surface area contributed by atoms with Gasteiger partial charge in [-0.05, 0) is 43.7 Å². The number of aryl methyl sites for hydroxylation is 1. The second-order valence-corrected chi connectivity index (χ2v) is 7.92. The maximum Gasteiger partial charge on any atom is 0.318 e. The van der Waals surface area contributed by atoms with Gasteiger partial charge >= 0.3 is 5.97 Å². The minimum Gasteiger partial charge on any atom is -0.468 e. The van der Waals surface area contributed by atoms with E-state index in [2.05, 4.69) is 14.9 Å². The molecule has 6 nitrogen and oxygen atoms in total. The zero-order valence-corrected chi connectivity index (χ0v) is 17.4. The number of nitrogens with one attached hydrogen (secondary N) is 1. The van der Waals surface area contributed by atoms with Crippen LogP contribution in [0, 0.1) is 6.92 Å². The van der Waals surface area contributed by atoms with E-state index in [4.69, 9.17) is 4.74 Å². The zero-order valence-electron chi connectivity index (χ0n) is 16.6. The van der Waals surface area contributed by atoms with Crippen LogP contribution < -0.4 is 5.32 Å². The number of amides is 1. The van der Waals surface area contributed by atoms with Crippen molar-refractivity contribution in [3.05, 3.63) is 77.9 Å². The van der Waals surface area contributed by atoms with Crippen LogP contribution in [-0.2, 0) is 16.1 Å². The van der Waals surface area contributed by atoms with Crippen LogP contribution in [0.15, 0.2) is 65.8 Å². The first-order valence-corrected chi connectivity index (χ1v) is 10.1. The van der Waals surface area contributed by atoms with E-state index in [0.717, 1.165) is 22.8 Å². The molecule has 0 aliphatic carbocycles. The Bertz CT molecular complexity index is 999. The molecule has 0 fully saturated rings. The van der Waals surface area contributed by atoms with Crippen LogP contribution in [0.25, 0.3) is 0 Å². The van der Waals surface area contributed by atoms with Crippen molar-refractivity contribution in [1.82, 2.24) is 9.55 Å². The van der Waals surface area contributed by atoms with Crippen molar-refractivity contribution in [2.24, 2.45) is 0 Å². The van der Waals surface area contributed by atoms with Crippen LogP contribution in [0.5, 0.6) is 0 Å². The first kappa shape index (κ1) is 20.7. The standard InChI is InChI=1S/C22H23N3O3S/c1-15(22(27)28-3)29-20-7-5-4-6-19(20)21(26)24-18-10-8-17(9-11-18)14-25-13-12-23-16(25)2/h4-13,15H,14H2,1-3H3,(H,24,26). The number of aromatic nitrogens is 2. The Labute approximate surface area is 174 Å². The second kappa shape index (κ2) is 9.43. The van der Waals surface area contributed by atoms with Gasteiger partial charge in [0.15, 0.2) is 0 Å². The van der Waals surface area contributed by atoms with Gasteiger partial charge in [-0.1, -0.05) is 24.3 Å². The Morgan fingerprint density at radius 1 is 1.17 bits per heavy atom. The smallest absolute Gasteiger partial charge is 0.318 e. The van der Waals surface area contributed by atoms with Crippen molar-refractivity contribution in [1.29, 1.82) is 0 Å². The fourth-order valence-electron chi connectivity index (χ4n) is 2.82. The Hall–Kier alpha value is -3.06. The van der Waals surface area contributed by atoms with Crippen LogP contribution in [-0.4, -0.2) is 33.8 Å². The third-order valence-corrected chi connectivity index (χ3v) is 5.61. The van der Waals surface area contributed by atoms with Gasteiger partial charge in [0.2, 0.25) is 0 Å². The quantitative estimate of drug-likeness (QED) is 0.469. The van der Waals surface area contributed by atoms with Gasteiger partial charge in [0, 0.05) is 29.5 Å². The van der Waals surface area contributed by atoms with Crippen LogP contribution in [0.3, 0.4) is 0 Å². The first-order chi connectivity index (χ1) is 14.0. The molecule has 1 unspecified atom stereocenters. The predicted octanol–water partition coefficient (Wildman–Crippen LogP) is 4.15. The molecular formula is C22H23N3O3S. The molecule has 0 aliphatic rings. The second-order valence-electron chi connectivity index (χ2n) is 6.53. The van der Waals surface area contributed by atoms with Crippen molar-refractivity contribution < 1.29 is 14.3 Å². The lowest BCUT2D eigenvalue weighted by Crippen LogP contribution is -2.17. The van der Waals surface area contributed by atoms with Crippen molar-refractivity contribution in [2.75, 3.05) is 12.4 Å². The number of ether oxygens (including phenoxy) is 1. The van der Waals surface area contributed by atoms with E-state index in [9.17, 15) is 9.59 Å². The van der Waals surface area contributed by atoms with Crippen molar-refractivity contribution >= 4 is 29.3 Å². The number of rotatable bonds is 7. The molecule has 1 heterocycles. The molecule has 2 aromatic carbocycles. The van der Waals surface area contributed by atoms with Gasteiger partial charge in [0.1, 0.15) is 11.1 Å². The fourth-order valence-corrected chi connectivity index (χ4v) is 3.84. The monoisotopic (exact) mass is 409 g/mol. The highest BCUT2D eigenvalue weighted by Gasteiger charge is 2.19. The first-order valence-electron chi connectivity index (χ1n) is 9.19. The summed E-state index contributed by atoms with van der Waals surface area (Å²) < 4.78 is 6.83. The summed E-state index contributed by atoms with van der Waals surface area (Å²) in [6.07, 6.45) is 3.72. The van der Waals surface area contributed by atoms with E-state index in [1.54, 1.807) is 25.3 Å². The third kappa shape index (κ3) is 5.26. The normalized spacial score (nSPS) is 11.7. The largest absolute Gasteiger partial charge is 0.468 e. The number of carbonyl (C=O) groups excluding carboxylic acids is 2. The molecule has 1 N–H and O–H groups in total. The molecule has 0 saturated carbocycles. The number of hydrogen-bond donors (Lipinski definition) is 1. The number of benzene rings is 2. The number of thioether (sulfide) groups is 1. The topological polar surface area (TPSA) is 73.2 Å². The Kier molecular flexibility index (Phi) is 6.72. The van der Waals surface area contributed by atoms with Gasteiger partial charge in [-0.25, -0.2) is 4.98 Å². The van der Waals surface area contributed by atoms with Gasteiger partial charge in [0.05, 0.1) is 12.7 Å². The van der Waals surface area contributed by atoms with E-state index in [-0.39, 0.29) is 11.9 Å². The number of anilines is 1. The fraction of sp³-hybridized carbons (Fsp3) is 0.227. The molecule has 1 amide bonds. The maximum atomic E-state index is 12.8. The van der Waals surface area contributed by atoms with Crippen LogP contribution in [0.1, 0.15) is 28.7 Å². The summed E-state index contributed by atoms with van der Waals surface area (Å²) in [6, 6.07) is 14.9. The van der Waals surface area contributed by atoms with E-state index < -0.39 is 5.25 Å². The number of carbonyl (C=O) groups is 2. The molecule has 0 spiro atoms. The zero-order chi connectivity index (χ0) is 20.8. The molecule has 0 radical (unpaired) electrons. The Balaban J connectivity index is 1.69. The molecule has 3 aromatic rings. The molecular weight excluding hydrogens is 386 g/mol. The van der Waals surface area contributed by atoms with Gasteiger partial charge in [0.25, 0.3) is 5.91 Å². The van der Waals surface area contributed by atoms with Gasteiger partial charge < -0.3 is 14.6 Å². The summed E-state index contributed by atoms with van der Waals surface area (Å²) in [5.41, 5.74) is 2.35.